The molecule has 3 nitrogen and oxygen atoms in total. The smallest absolute Gasteiger partial charge is 0.317 e. The Morgan fingerprint density at radius 2 is 1.95 bits per heavy atom. The monoisotopic (exact) mass is 307 g/mol. The second-order valence-electron chi connectivity index (χ2n) is 5.13. The van der Waals surface area contributed by atoms with Gasteiger partial charge < -0.3 is 5.32 Å². The molecule has 7 heteroatoms. The molecule has 0 bridgehead atoms. The molecule has 20 heavy (non-hydrogen) atoms. The van der Waals surface area contributed by atoms with E-state index in [4.69, 9.17) is 0 Å². The lowest BCUT2D eigenvalue weighted by Gasteiger charge is -2.34. The molecule has 0 spiro atoms. The third kappa shape index (κ3) is 3.32. The summed E-state index contributed by atoms with van der Waals surface area (Å²) in [5.41, 5.74) is -0.930. The van der Waals surface area contributed by atoms with Crippen LogP contribution in [0.5, 0.6) is 0 Å². The van der Waals surface area contributed by atoms with Crippen molar-refractivity contribution >= 4 is 9.84 Å². The van der Waals surface area contributed by atoms with E-state index in [1.807, 2.05) is 7.05 Å². The number of hydrogen-bond donors (Lipinski definition) is 1. The first kappa shape index (κ1) is 15.3. The van der Waals surface area contributed by atoms with Crippen LogP contribution >= 0.6 is 0 Å². The second kappa shape index (κ2) is 5.37. The van der Waals surface area contributed by atoms with E-state index in [1.54, 1.807) is 0 Å². The lowest BCUT2D eigenvalue weighted by molar-refractivity contribution is -0.137. The van der Waals surface area contributed by atoms with E-state index >= 15 is 0 Å². The molecule has 0 aromatic heterocycles. The van der Waals surface area contributed by atoms with Crippen LogP contribution in [-0.4, -0.2) is 27.3 Å². The lowest BCUT2D eigenvalue weighted by Crippen LogP contribution is -2.41. The summed E-state index contributed by atoms with van der Waals surface area (Å²) < 4.78 is 62.0. The first-order valence-electron chi connectivity index (χ1n) is 6.29. The predicted octanol–water partition coefficient (Wildman–Crippen LogP) is 2.48. The molecule has 112 valence electrons. The van der Waals surface area contributed by atoms with Crippen LogP contribution in [0.15, 0.2) is 29.2 Å². The van der Waals surface area contributed by atoms with Crippen LogP contribution in [0, 0.1) is 5.92 Å². The molecular weight excluding hydrogens is 291 g/mol. The Hall–Kier alpha value is -1.08. The summed E-state index contributed by atoms with van der Waals surface area (Å²) in [6, 6.07) is 4.26. The van der Waals surface area contributed by atoms with Crippen LogP contribution in [0.25, 0.3) is 0 Å². The number of hydrogen-bond acceptors (Lipinski definition) is 3. The molecule has 0 unspecified atom stereocenters. The quantitative estimate of drug-likeness (QED) is 0.929. The van der Waals surface area contributed by atoms with Crippen LogP contribution in [0.2, 0.25) is 0 Å². The molecule has 1 N–H and O–H groups in total. The van der Waals surface area contributed by atoms with Gasteiger partial charge in [-0.3, -0.25) is 0 Å². The summed E-state index contributed by atoms with van der Waals surface area (Å²) in [4.78, 5) is -0.250. The molecule has 0 radical (unpaired) electrons. The van der Waals surface area contributed by atoms with Gasteiger partial charge in [0.1, 0.15) is 0 Å². The molecule has 0 amide bonds. The third-order valence-corrected chi connectivity index (χ3v) is 5.50. The summed E-state index contributed by atoms with van der Waals surface area (Å²) in [6.45, 7) is 0. The average Bonchev–Trinajstić information content (AvgIpc) is 2.32. The molecule has 0 atom stereocenters. The first-order valence-corrected chi connectivity index (χ1v) is 7.95. The first-order chi connectivity index (χ1) is 9.22. The maximum Gasteiger partial charge on any atom is 0.416 e. The molecule has 1 aliphatic carbocycles. The Morgan fingerprint density at radius 3 is 2.50 bits per heavy atom. The van der Waals surface area contributed by atoms with Crippen molar-refractivity contribution in [1.29, 1.82) is 0 Å². The van der Waals surface area contributed by atoms with E-state index < -0.39 is 21.6 Å². The molecule has 1 aromatic carbocycles. The second-order valence-corrected chi connectivity index (χ2v) is 7.16. The molecule has 0 saturated heterocycles. The highest BCUT2D eigenvalue weighted by molar-refractivity contribution is 7.91. The summed E-state index contributed by atoms with van der Waals surface area (Å²) in [6.07, 6.45) is -3.04. The van der Waals surface area contributed by atoms with Gasteiger partial charge in [0.05, 0.1) is 16.2 Å². The van der Waals surface area contributed by atoms with Gasteiger partial charge in [-0.15, -0.1) is 0 Å². The minimum atomic E-state index is -4.53. The third-order valence-electron chi connectivity index (χ3n) is 3.62. The summed E-state index contributed by atoms with van der Waals surface area (Å²) in [5, 5.41) is 3.04. The Morgan fingerprint density at radius 1 is 1.30 bits per heavy atom. The highest BCUT2D eigenvalue weighted by atomic mass is 32.2. The molecule has 0 heterocycles. The van der Waals surface area contributed by atoms with Crippen molar-refractivity contribution in [3.05, 3.63) is 29.8 Å². The van der Waals surface area contributed by atoms with Gasteiger partial charge in [-0.1, -0.05) is 6.07 Å². The fourth-order valence-corrected chi connectivity index (χ4v) is 4.06. The normalized spacial score (nSPS) is 23.4. The molecule has 1 fully saturated rings. The van der Waals surface area contributed by atoms with Crippen molar-refractivity contribution in [3.8, 4) is 0 Å². The van der Waals surface area contributed by atoms with Gasteiger partial charge in [0, 0.05) is 6.04 Å². The van der Waals surface area contributed by atoms with E-state index in [-0.39, 0.29) is 16.6 Å². The number of halogens is 3. The average molecular weight is 307 g/mol. The largest absolute Gasteiger partial charge is 0.416 e. The summed E-state index contributed by atoms with van der Waals surface area (Å²) in [5.74, 6) is -0.0704. The van der Waals surface area contributed by atoms with Crippen molar-refractivity contribution in [3.63, 3.8) is 0 Å². The van der Waals surface area contributed by atoms with Gasteiger partial charge in [-0.2, -0.15) is 13.2 Å². The van der Waals surface area contributed by atoms with E-state index in [1.165, 1.54) is 6.07 Å². The zero-order valence-electron chi connectivity index (χ0n) is 10.9. The van der Waals surface area contributed by atoms with E-state index in [9.17, 15) is 21.6 Å². The number of sulfone groups is 1. The zero-order chi connectivity index (χ0) is 15.0. The maximum atomic E-state index is 12.6. The molecule has 2 rings (SSSR count). The van der Waals surface area contributed by atoms with Crippen LogP contribution in [0.3, 0.4) is 0 Å². The minimum absolute atomic E-state index is 0.0204. The van der Waals surface area contributed by atoms with Gasteiger partial charge in [-0.25, -0.2) is 8.42 Å². The Bertz CT molecular complexity index is 578. The lowest BCUT2D eigenvalue weighted by atomic mass is 9.82. The van der Waals surface area contributed by atoms with Gasteiger partial charge in [0.15, 0.2) is 9.84 Å². The van der Waals surface area contributed by atoms with E-state index in [0.29, 0.717) is 12.1 Å². The number of rotatable bonds is 4. The van der Waals surface area contributed by atoms with Crippen LogP contribution in [-0.2, 0) is 16.0 Å². The van der Waals surface area contributed by atoms with E-state index in [0.717, 1.165) is 25.0 Å². The molecule has 1 saturated carbocycles. The molecular formula is C13H16F3NO2S. The molecule has 0 aliphatic heterocycles. The summed E-state index contributed by atoms with van der Waals surface area (Å²) >= 11 is 0. The van der Waals surface area contributed by atoms with Crippen molar-refractivity contribution in [1.82, 2.24) is 5.32 Å². The minimum Gasteiger partial charge on any atom is -0.317 e. The Balaban J connectivity index is 2.14. The van der Waals surface area contributed by atoms with Gasteiger partial charge in [0.25, 0.3) is 0 Å². The van der Waals surface area contributed by atoms with Crippen molar-refractivity contribution in [2.45, 2.75) is 30.0 Å². The van der Waals surface area contributed by atoms with Crippen LogP contribution in [0.4, 0.5) is 13.2 Å². The number of nitrogens with one attached hydrogen (secondary N) is 1. The van der Waals surface area contributed by atoms with Gasteiger partial charge >= 0.3 is 6.18 Å². The van der Waals surface area contributed by atoms with Gasteiger partial charge in [0.2, 0.25) is 0 Å². The number of benzene rings is 1. The van der Waals surface area contributed by atoms with Crippen LogP contribution in [0.1, 0.15) is 18.4 Å². The highest BCUT2D eigenvalue weighted by Crippen LogP contribution is 2.33. The maximum absolute atomic E-state index is 12.6. The van der Waals surface area contributed by atoms with Crippen molar-refractivity contribution in [2.24, 2.45) is 5.92 Å². The number of alkyl halides is 3. The van der Waals surface area contributed by atoms with Crippen molar-refractivity contribution in [2.75, 3.05) is 12.8 Å². The fraction of sp³-hybridized carbons (Fsp3) is 0.538. The predicted molar refractivity (Wildman–Crippen MR) is 69.1 cm³/mol. The fourth-order valence-electron chi connectivity index (χ4n) is 2.38. The standard InChI is InChI=1S/C13H16F3NO2S/c1-17-11-5-9(6-11)8-20(18,19)12-4-2-3-10(7-12)13(14,15)16/h2-4,7,9,11,17H,5-6,8H2,1H3/t9-,11-. The zero-order valence-corrected chi connectivity index (χ0v) is 11.8. The summed E-state index contributed by atoms with van der Waals surface area (Å²) in [7, 11) is -1.85. The van der Waals surface area contributed by atoms with Crippen LogP contribution < -0.4 is 5.32 Å². The molecule has 1 aromatic rings. The molecule has 1 aliphatic rings. The highest BCUT2D eigenvalue weighted by Gasteiger charge is 2.34. The van der Waals surface area contributed by atoms with E-state index in [2.05, 4.69) is 5.32 Å². The Kier molecular flexibility index (Phi) is 4.11. The SMILES string of the molecule is CN[C@H]1C[C@H](CS(=O)(=O)c2cccc(C(F)(F)F)c2)C1. The Labute approximate surface area is 116 Å². The van der Waals surface area contributed by atoms with Crippen molar-refractivity contribution < 1.29 is 21.6 Å². The topological polar surface area (TPSA) is 46.2 Å². The van der Waals surface area contributed by atoms with Gasteiger partial charge in [-0.05, 0) is 44.0 Å².